The summed E-state index contributed by atoms with van der Waals surface area (Å²) in [6.07, 6.45) is 6.00. The summed E-state index contributed by atoms with van der Waals surface area (Å²) in [5.41, 5.74) is 6.69. The first-order chi connectivity index (χ1) is 8.70. The van der Waals surface area contributed by atoms with Crippen molar-refractivity contribution in [3.05, 3.63) is 28.8 Å². The molecule has 100 valence electrons. The number of ether oxygens (including phenoxy) is 1. The van der Waals surface area contributed by atoms with E-state index in [1.54, 1.807) is 0 Å². The van der Waals surface area contributed by atoms with E-state index in [9.17, 15) is 0 Å². The Morgan fingerprint density at radius 2 is 2.22 bits per heavy atom. The molecule has 0 aromatic heterocycles. The molecule has 0 bridgehead atoms. The first kappa shape index (κ1) is 13.7. The van der Waals surface area contributed by atoms with Gasteiger partial charge in [0.05, 0.1) is 6.10 Å². The first-order valence-electron chi connectivity index (χ1n) is 6.84. The number of rotatable bonds is 4. The van der Waals surface area contributed by atoms with Crippen molar-refractivity contribution in [3.63, 3.8) is 0 Å². The Labute approximate surface area is 114 Å². The van der Waals surface area contributed by atoms with Gasteiger partial charge in [-0.05, 0) is 50.3 Å². The number of nitrogens with two attached hydrogens (primary N) is 1. The fraction of sp³-hybridized carbons (Fsp3) is 0.600. The highest BCUT2D eigenvalue weighted by atomic mass is 35.5. The minimum atomic E-state index is 0.337. The molecule has 0 spiro atoms. The molecule has 2 atom stereocenters. The molecule has 2 N–H and O–H groups in total. The van der Waals surface area contributed by atoms with E-state index in [0.717, 1.165) is 41.5 Å². The van der Waals surface area contributed by atoms with Gasteiger partial charge in [-0.3, -0.25) is 0 Å². The summed E-state index contributed by atoms with van der Waals surface area (Å²) in [7, 11) is 0. The maximum absolute atomic E-state index is 6.22. The van der Waals surface area contributed by atoms with Gasteiger partial charge in [-0.15, -0.1) is 0 Å². The zero-order valence-corrected chi connectivity index (χ0v) is 11.7. The molecule has 3 heteroatoms. The van der Waals surface area contributed by atoms with E-state index in [0.29, 0.717) is 12.6 Å². The van der Waals surface area contributed by atoms with Crippen LogP contribution in [0, 0.1) is 5.92 Å². The Balaban J connectivity index is 2.10. The van der Waals surface area contributed by atoms with Gasteiger partial charge in [0.1, 0.15) is 5.75 Å². The normalized spacial score (nSPS) is 23.9. The van der Waals surface area contributed by atoms with Crippen molar-refractivity contribution in [2.24, 2.45) is 11.7 Å². The minimum absolute atomic E-state index is 0.337. The average Bonchev–Trinajstić information content (AvgIpc) is 2.34. The Kier molecular flexibility index (Phi) is 4.90. The lowest BCUT2D eigenvalue weighted by molar-refractivity contribution is 0.128. The molecule has 0 heterocycles. The maximum atomic E-state index is 6.22. The highest BCUT2D eigenvalue weighted by molar-refractivity contribution is 6.31. The van der Waals surface area contributed by atoms with Crippen LogP contribution < -0.4 is 10.5 Å². The highest BCUT2D eigenvalue weighted by Crippen LogP contribution is 2.31. The summed E-state index contributed by atoms with van der Waals surface area (Å²) >= 11 is 6.22. The fourth-order valence-corrected chi connectivity index (χ4v) is 2.96. The molecule has 2 rings (SSSR count). The van der Waals surface area contributed by atoms with Crippen LogP contribution >= 0.6 is 11.6 Å². The van der Waals surface area contributed by atoms with Gasteiger partial charge in [0, 0.05) is 10.6 Å². The molecule has 2 nitrogen and oxygen atoms in total. The third kappa shape index (κ3) is 3.39. The SMILES string of the molecule is CC1CCCC(Oc2cccc(Cl)c2CCN)C1. The molecule has 0 amide bonds. The van der Waals surface area contributed by atoms with Crippen molar-refractivity contribution in [1.29, 1.82) is 0 Å². The van der Waals surface area contributed by atoms with E-state index >= 15 is 0 Å². The molecular weight excluding hydrogens is 246 g/mol. The Hall–Kier alpha value is -0.730. The van der Waals surface area contributed by atoms with Gasteiger partial charge in [0.15, 0.2) is 0 Å². The monoisotopic (exact) mass is 267 g/mol. The van der Waals surface area contributed by atoms with Crippen LogP contribution in [0.3, 0.4) is 0 Å². The van der Waals surface area contributed by atoms with E-state index in [-0.39, 0.29) is 0 Å². The topological polar surface area (TPSA) is 35.2 Å². The van der Waals surface area contributed by atoms with Crippen LogP contribution in [0.5, 0.6) is 5.75 Å². The standard InChI is InChI=1S/C15H22ClNO/c1-11-4-2-5-12(10-11)18-15-7-3-6-14(16)13(15)8-9-17/h3,6-7,11-12H,2,4-5,8-10,17H2,1H3. The Morgan fingerprint density at radius 1 is 1.39 bits per heavy atom. The second kappa shape index (κ2) is 6.44. The fourth-order valence-electron chi connectivity index (χ4n) is 2.70. The number of hydrogen-bond acceptors (Lipinski definition) is 2. The molecule has 1 aliphatic rings. The van der Waals surface area contributed by atoms with Crippen LogP contribution in [0.15, 0.2) is 18.2 Å². The molecule has 0 aliphatic heterocycles. The second-order valence-electron chi connectivity index (χ2n) is 5.27. The molecule has 1 aliphatic carbocycles. The lowest BCUT2D eigenvalue weighted by Crippen LogP contribution is -2.24. The van der Waals surface area contributed by atoms with Crippen LogP contribution in [0.25, 0.3) is 0 Å². The summed E-state index contributed by atoms with van der Waals surface area (Å²) < 4.78 is 6.15. The predicted molar refractivity (Wildman–Crippen MR) is 76.3 cm³/mol. The van der Waals surface area contributed by atoms with Gasteiger partial charge >= 0.3 is 0 Å². The van der Waals surface area contributed by atoms with Gasteiger partial charge in [0.2, 0.25) is 0 Å². The van der Waals surface area contributed by atoms with E-state index in [1.165, 1.54) is 12.8 Å². The number of hydrogen-bond donors (Lipinski definition) is 1. The zero-order valence-electron chi connectivity index (χ0n) is 11.0. The lowest BCUT2D eigenvalue weighted by atomic mass is 9.88. The number of benzene rings is 1. The minimum Gasteiger partial charge on any atom is -0.490 e. The van der Waals surface area contributed by atoms with Crippen LogP contribution in [0.4, 0.5) is 0 Å². The molecule has 0 radical (unpaired) electrons. The summed E-state index contributed by atoms with van der Waals surface area (Å²) in [5.74, 6) is 1.69. The Morgan fingerprint density at radius 3 is 2.94 bits per heavy atom. The molecule has 1 aromatic rings. The first-order valence-corrected chi connectivity index (χ1v) is 7.22. The highest BCUT2D eigenvalue weighted by Gasteiger charge is 2.21. The van der Waals surface area contributed by atoms with Crippen LogP contribution in [-0.4, -0.2) is 12.6 Å². The maximum Gasteiger partial charge on any atom is 0.124 e. The van der Waals surface area contributed by atoms with Gasteiger partial charge < -0.3 is 10.5 Å². The molecule has 1 aromatic carbocycles. The van der Waals surface area contributed by atoms with Crippen molar-refractivity contribution in [1.82, 2.24) is 0 Å². The largest absolute Gasteiger partial charge is 0.490 e. The summed E-state index contributed by atoms with van der Waals surface area (Å²) in [4.78, 5) is 0. The van der Waals surface area contributed by atoms with Gasteiger partial charge in [-0.25, -0.2) is 0 Å². The van der Waals surface area contributed by atoms with Crippen molar-refractivity contribution < 1.29 is 4.74 Å². The second-order valence-corrected chi connectivity index (χ2v) is 5.67. The number of halogens is 1. The van der Waals surface area contributed by atoms with Crippen molar-refractivity contribution in [3.8, 4) is 5.75 Å². The van der Waals surface area contributed by atoms with Crippen molar-refractivity contribution in [2.75, 3.05) is 6.54 Å². The van der Waals surface area contributed by atoms with Crippen LogP contribution in [0.1, 0.15) is 38.2 Å². The van der Waals surface area contributed by atoms with E-state index in [1.807, 2.05) is 18.2 Å². The van der Waals surface area contributed by atoms with Gasteiger partial charge in [-0.2, -0.15) is 0 Å². The van der Waals surface area contributed by atoms with E-state index < -0.39 is 0 Å². The van der Waals surface area contributed by atoms with Crippen LogP contribution in [0.2, 0.25) is 5.02 Å². The molecule has 2 unspecified atom stereocenters. The van der Waals surface area contributed by atoms with Gasteiger partial charge in [-0.1, -0.05) is 31.0 Å². The zero-order chi connectivity index (χ0) is 13.0. The summed E-state index contributed by atoms with van der Waals surface area (Å²) in [5, 5.41) is 0.766. The van der Waals surface area contributed by atoms with Crippen molar-refractivity contribution in [2.45, 2.75) is 45.1 Å². The third-order valence-corrected chi connectivity index (χ3v) is 4.01. The molecular formula is C15H22ClNO. The predicted octanol–water partition coefficient (Wildman–Crippen LogP) is 3.80. The smallest absolute Gasteiger partial charge is 0.124 e. The summed E-state index contributed by atoms with van der Waals surface area (Å²) in [6.45, 7) is 2.90. The molecule has 18 heavy (non-hydrogen) atoms. The lowest BCUT2D eigenvalue weighted by Gasteiger charge is -2.28. The summed E-state index contributed by atoms with van der Waals surface area (Å²) in [6, 6.07) is 5.86. The Bertz CT molecular complexity index is 394. The van der Waals surface area contributed by atoms with Crippen LogP contribution in [-0.2, 0) is 6.42 Å². The quantitative estimate of drug-likeness (QED) is 0.901. The average molecular weight is 268 g/mol. The molecule has 1 saturated carbocycles. The van der Waals surface area contributed by atoms with Gasteiger partial charge in [0.25, 0.3) is 0 Å². The third-order valence-electron chi connectivity index (χ3n) is 3.65. The molecule has 1 fully saturated rings. The van der Waals surface area contributed by atoms with E-state index in [4.69, 9.17) is 22.1 Å². The van der Waals surface area contributed by atoms with E-state index in [2.05, 4.69) is 6.92 Å². The molecule has 0 saturated heterocycles. The van der Waals surface area contributed by atoms with Crippen molar-refractivity contribution >= 4 is 11.6 Å².